The zero-order valence-electron chi connectivity index (χ0n) is 12.3. The number of nitrogens with one attached hydrogen (secondary N) is 1. The first kappa shape index (κ1) is 15.5. The monoisotopic (exact) mass is 301 g/mol. The summed E-state index contributed by atoms with van der Waals surface area (Å²) in [6, 6.07) is 10.3. The standard InChI is InChI=1S/C16H19N3OS/c1-12-14(11-18-16(19-12)21-2)15(20)17-10-6-9-13-7-4-3-5-8-13/h3-5,7-8,11H,6,9-10H2,1-2H3,(H,17,20). The van der Waals surface area contributed by atoms with E-state index in [1.54, 1.807) is 6.20 Å². The summed E-state index contributed by atoms with van der Waals surface area (Å²) >= 11 is 1.47. The lowest BCUT2D eigenvalue weighted by Crippen LogP contribution is -2.26. The largest absolute Gasteiger partial charge is 0.352 e. The molecule has 4 nitrogen and oxygen atoms in total. The van der Waals surface area contributed by atoms with E-state index in [0.717, 1.165) is 18.5 Å². The minimum Gasteiger partial charge on any atom is -0.352 e. The summed E-state index contributed by atoms with van der Waals surface area (Å²) in [5.41, 5.74) is 2.55. The first-order valence-electron chi connectivity index (χ1n) is 6.90. The van der Waals surface area contributed by atoms with Gasteiger partial charge in [0.2, 0.25) is 0 Å². The fraction of sp³-hybridized carbons (Fsp3) is 0.312. The zero-order chi connectivity index (χ0) is 15.1. The molecule has 1 aromatic carbocycles. The van der Waals surface area contributed by atoms with Crippen LogP contribution in [0.4, 0.5) is 0 Å². The van der Waals surface area contributed by atoms with Crippen LogP contribution >= 0.6 is 11.8 Å². The highest BCUT2D eigenvalue weighted by molar-refractivity contribution is 7.98. The van der Waals surface area contributed by atoms with Gasteiger partial charge in [0.1, 0.15) is 0 Å². The number of carbonyl (C=O) groups is 1. The van der Waals surface area contributed by atoms with E-state index in [1.807, 2.05) is 31.4 Å². The normalized spacial score (nSPS) is 10.4. The van der Waals surface area contributed by atoms with Gasteiger partial charge in [0.25, 0.3) is 5.91 Å². The second kappa shape index (κ2) is 7.78. The molecular weight excluding hydrogens is 282 g/mol. The molecule has 110 valence electrons. The fourth-order valence-corrected chi connectivity index (χ4v) is 2.39. The minimum atomic E-state index is -0.104. The molecule has 2 aromatic rings. The van der Waals surface area contributed by atoms with Crippen molar-refractivity contribution in [1.29, 1.82) is 0 Å². The third-order valence-corrected chi connectivity index (χ3v) is 3.72. The smallest absolute Gasteiger partial charge is 0.254 e. The van der Waals surface area contributed by atoms with Gasteiger partial charge in [-0.05, 0) is 31.6 Å². The fourth-order valence-electron chi connectivity index (χ4n) is 2.00. The van der Waals surface area contributed by atoms with E-state index in [-0.39, 0.29) is 5.91 Å². The van der Waals surface area contributed by atoms with Crippen LogP contribution in [-0.2, 0) is 6.42 Å². The van der Waals surface area contributed by atoms with Crippen LogP contribution in [0.1, 0.15) is 28.0 Å². The number of nitrogens with zero attached hydrogens (tertiary/aromatic N) is 2. The molecule has 0 aliphatic carbocycles. The maximum Gasteiger partial charge on any atom is 0.254 e. The van der Waals surface area contributed by atoms with Crippen molar-refractivity contribution in [2.45, 2.75) is 24.9 Å². The van der Waals surface area contributed by atoms with Gasteiger partial charge in [-0.15, -0.1) is 0 Å². The third-order valence-electron chi connectivity index (χ3n) is 3.16. The Labute approximate surface area is 129 Å². The molecule has 1 aromatic heterocycles. The molecule has 1 amide bonds. The quantitative estimate of drug-likeness (QED) is 0.506. The number of aryl methyl sites for hydroxylation is 2. The number of carbonyl (C=O) groups excluding carboxylic acids is 1. The van der Waals surface area contributed by atoms with Crippen LogP contribution < -0.4 is 5.32 Å². The maximum absolute atomic E-state index is 12.1. The van der Waals surface area contributed by atoms with Gasteiger partial charge in [0.05, 0.1) is 11.3 Å². The highest BCUT2D eigenvalue weighted by Crippen LogP contribution is 2.11. The van der Waals surface area contributed by atoms with Gasteiger partial charge in [-0.2, -0.15) is 0 Å². The van der Waals surface area contributed by atoms with E-state index in [1.165, 1.54) is 17.3 Å². The first-order valence-corrected chi connectivity index (χ1v) is 8.13. The second-order valence-electron chi connectivity index (χ2n) is 4.70. The second-order valence-corrected chi connectivity index (χ2v) is 5.47. The Kier molecular flexibility index (Phi) is 5.75. The van der Waals surface area contributed by atoms with Gasteiger partial charge in [-0.1, -0.05) is 42.1 Å². The van der Waals surface area contributed by atoms with Crippen LogP contribution in [0.3, 0.4) is 0 Å². The van der Waals surface area contributed by atoms with Crippen molar-refractivity contribution in [3.05, 3.63) is 53.3 Å². The summed E-state index contributed by atoms with van der Waals surface area (Å²) in [4.78, 5) is 20.5. The van der Waals surface area contributed by atoms with Crippen LogP contribution in [0.5, 0.6) is 0 Å². The highest BCUT2D eigenvalue weighted by Gasteiger charge is 2.10. The number of amides is 1. The van der Waals surface area contributed by atoms with E-state index < -0.39 is 0 Å². The van der Waals surface area contributed by atoms with Gasteiger partial charge in [-0.3, -0.25) is 4.79 Å². The van der Waals surface area contributed by atoms with Gasteiger partial charge >= 0.3 is 0 Å². The van der Waals surface area contributed by atoms with Crippen molar-refractivity contribution < 1.29 is 4.79 Å². The summed E-state index contributed by atoms with van der Waals surface area (Å²) in [6.07, 6.45) is 5.39. The van der Waals surface area contributed by atoms with Gasteiger partial charge in [0.15, 0.2) is 5.16 Å². The van der Waals surface area contributed by atoms with Crippen LogP contribution in [0.15, 0.2) is 41.7 Å². The third kappa shape index (κ3) is 4.56. The molecule has 2 rings (SSSR count). The SMILES string of the molecule is CSc1ncc(C(=O)NCCCc2ccccc2)c(C)n1. The van der Waals surface area contributed by atoms with Gasteiger partial charge in [-0.25, -0.2) is 9.97 Å². The number of rotatable bonds is 6. The summed E-state index contributed by atoms with van der Waals surface area (Å²) in [5.74, 6) is -0.104. The van der Waals surface area contributed by atoms with E-state index in [9.17, 15) is 4.79 Å². The zero-order valence-corrected chi connectivity index (χ0v) is 13.1. The molecule has 0 aliphatic rings. The Morgan fingerprint density at radius 3 is 2.71 bits per heavy atom. The molecule has 1 heterocycles. The molecular formula is C16H19N3OS. The number of thioether (sulfide) groups is 1. The maximum atomic E-state index is 12.1. The van der Waals surface area contributed by atoms with Crippen LogP contribution in [0.25, 0.3) is 0 Å². The molecule has 5 heteroatoms. The molecule has 21 heavy (non-hydrogen) atoms. The summed E-state index contributed by atoms with van der Waals surface area (Å²) in [7, 11) is 0. The van der Waals surface area contributed by atoms with Crippen molar-refractivity contribution >= 4 is 17.7 Å². The van der Waals surface area contributed by atoms with Gasteiger partial charge in [0, 0.05) is 12.7 Å². The predicted octanol–water partition coefficient (Wildman–Crippen LogP) is 2.87. The van der Waals surface area contributed by atoms with E-state index in [0.29, 0.717) is 17.3 Å². The molecule has 0 bridgehead atoms. The summed E-state index contributed by atoms with van der Waals surface area (Å²) < 4.78 is 0. The Morgan fingerprint density at radius 1 is 1.29 bits per heavy atom. The van der Waals surface area contributed by atoms with Crippen molar-refractivity contribution in [3.63, 3.8) is 0 Å². The Morgan fingerprint density at radius 2 is 2.05 bits per heavy atom. The molecule has 0 unspecified atom stereocenters. The molecule has 0 fully saturated rings. The Hall–Kier alpha value is -1.88. The molecule has 0 atom stereocenters. The number of benzene rings is 1. The molecule has 0 saturated heterocycles. The first-order chi connectivity index (χ1) is 10.2. The lowest BCUT2D eigenvalue weighted by atomic mass is 10.1. The highest BCUT2D eigenvalue weighted by atomic mass is 32.2. The van der Waals surface area contributed by atoms with E-state index in [4.69, 9.17) is 0 Å². The molecule has 0 saturated carbocycles. The minimum absolute atomic E-state index is 0.104. The van der Waals surface area contributed by atoms with E-state index >= 15 is 0 Å². The Balaban J connectivity index is 1.82. The summed E-state index contributed by atoms with van der Waals surface area (Å²) in [6.45, 7) is 2.48. The van der Waals surface area contributed by atoms with E-state index in [2.05, 4.69) is 27.4 Å². The van der Waals surface area contributed by atoms with Gasteiger partial charge < -0.3 is 5.32 Å². The lowest BCUT2D eigenvalue weighted by Gasteiger charge is -2.07. The summed E-state index contributed by atoms with van der Waals surface area (Å²) in [5, 5.41) is 3.61. The average Bonchev–Trinajstić information content (AvgIpc) is 2.52. The van der Waals surface area contributed by atoms with Crippen molar-refractivity contribution in [1.82, 2.24) is 15.3 Å². The number of hydrogen-bond donors (Lipinski definition) is 1. The van der Waals surface area contributed by atoms with Crippen molar-refractivity contribution in [3.8, 4) is 0 Å². The lowest BCUT2D eigenvalue weighted by molar-refractivity contribution is 0.0951. The van der Waals surface area contributed by atoms with Crippen LogP contribution in [-0.4, -0.2) is 28.7 Å². The van der Waals surface area contributed by atoms with Crippen LogP contribution in [0.2, 0.25) is 0 Å². The molecule has 0 spiro atoms. The van der Waals surface area contributed by atoms with Crippen LogP contribution in [0, 0.1) is 6.92 Å². The number of hydrogen-bond acceptors (Lipinski definition) is 4. The predicted molar refractivity (Wildman–Crippen MR) is 85.6 cm³/mol. The number of aromatic nitrogens is 2. The molecule has 0 aliphatic heterocycles. The topological polar surface area (TPSA) is 54.9 Å². The van der Waals surface area contributed by atoms with Crippen molar-refractivity contribution in [2.24, 2.45) is 0 Å². The Bertz CT molecular complexity index is 602. The molecule has 1 N–H and O–H groups in total. The average molecular weight is 301 g/mol. The molecule has 0 radical (unpaired) electrons. The van der Waals surface area contributed by atoms with Crippen molar-refractivity contribution in [2.75, 3.05) is 12.8 Å².